The molecular weight excluding hydrogens is 554 g/mol. The van der Waals surface area contributed by atoms with Gasteiger partial charge in [-0.25, -0.2) is 0 Å². The fourth-order valence-corrected chi connectivity index (χ4v) is 2.53. The van der Waals surface area contributed by atoms with Crippen LogP contribution in [0.4, 0.5) is 0 Å². The molecule has 0 aromatic heterocycles. The summed E-state index contributed by atoms with van der Waals surface area (Å²) < 4.78 is 0. The summed E-state index contributed by atoms with van der Waals surface area (Å²) in [5.74, 6) is 0. The summed E-state index contributed by atoms with van der Waals surface area (Å²) in [7, 11) is 0. The van der Waals surface area contributed by atoms with Gasteiger partial charge in [-0.2, -0.15) is 0 Å². The molecular formula is C18H24Ge2S6+6. The van der Waals surface area contributed by atoms with Crippen molar-refractivity contribution in [3.05, 3.63) is 72.8 Å². The molecule has 8 heteroatoms. The largest absolute Gasteiger partial charge is 0.204 e. The minimum atomic E-state index is 0. The van der Waals surface area contributed by atoms with Crippen molar-refractivity contribution in [1.29, 1.82) is 0 Å². The summed E-state index contributed by atoms with van der Waals surface area (Å²) in [5, 5.41) is 0. The molecule has 26 heavy (non-hydrogen) atoms. The fraction of sp³-hybridized carbons (Fsp3) is 0. The van der Waals surface area contributed by atoms with Crippen molar-refractivity contribution in [2.24, 2.45) is 0 Å². The summed E-state index contributed by atoms with van der Waals surface area (Å²) in [5.41, 5.74) is 0. The van der Waals surface area contributed by atoms with Crippen molar-refractivity contribution in [1.82, 2.24) is 0 Å². The van der Waals surface area contributed by atoms with Crippen LogP contribution in [0.5, 0.6) is 0 Å². The third kappa shape index (κ3) is 12.3. The summed E-state index contributed by atoms with van der Waals surface area (Å²) >= 11 is 20.4. The molecule has 3 aromatic carbocycles. The van der Waals surface area contributed by atoms with Gasteiger partial charge < -0.3 is 0 Å². The van der Waals surface area contributed by atoms with Crippen molar-refractivity contribution in [3.63, 3.8) is 0 Å². The van der Waals surface area contributed by atoms with Crippen molar-refractivity contribution >= 4 is 111 Å². The Morgan fingerprint density at radius 3 is 0.500 bits per heavy atom. The van der Waals surface area contributed by atoms with Gasteiger partial charge in [0.2, 0.25) is 29.4 Å². The van der Waals surface area contributed by atoms with E-state index in [1.807, 2.05) is 72.8 Å². The van der Waals surface area contributed by atoms with Gasteiger partial charge in [-0.15, -0.1) is 0 Å². The summed E-state index contributed by atoms with van der Waals surface area (Å²) in [4.78, 5) is 6.52. The van der Waals surface area contributed by atoms with Gasteiger partial charge in [0.15, 0.2) is 0 Å². The normalized spacial score (nSPS) is 8.54. The predicted octanol–water partition coefficient (Wildman–Crippen LogP) is 0.521. The molecule has 0 spiro atoms. The van der Waals surface area contributed by atoms with E-state index in [9.17, 15) is 0 Å². The molecule has 0 saturated heterocycles. The molecule has 0 aliphatic heterocycles. The van der Waals surface area contributed by atoms with Gasteiger partial charge in [0.05, 0.1) is 0 Å². The molecule has 3 aromatic rings. The number of hydrogen-bond acceptors (Lipinski definition) is 0. The molecule has 0 bridgehead atoms. The van der Waals surface area contributed by atoms with Gasteiger partial charge in [0, 0.05) is 35.2 Å². The van der Waals surface area contributed by atoms with Crippen LogP contribution >= 0.6 is 0 Å². The van der Waals surface area contributed by atoms with Crippen LogP contribution in [0.3, 0.4) is 0 Å². The first-order valence-corrected chi connectivity index (χ1v) is 9.98. The van der Waals surface area contributed by atoms with E-state index in [1.54, 1.807) is 0 Å². The maximum Gasteiger partial charge on any atom is 0.204 e. The van der Waals surface area contributed by atoms with Gasteiger partial charge in [-0.1, -0.05) is 36.4 Å². The average Bonchev–Trinajstić information content (AvgIpc) is 2.57. The van der Waals surface area contributed by atoms with Crippen molar-refractivity contribution in [3.8, 4) is 0 Å². The monoisotopic (exact) mass is 580 g/mol. The number of rotatable bonds is 0. The second-order valence-electron chi connectivity index (χ2n) is 4.64. The van der Waals surface area contributed by atoms with Gasteiger partial charge in [0.1, 0.15) is 0 Å². The summed E-state index contributed by atoms with van der Waals surface area (Å²) in [6.45, 7) is 0. The Bertz CT molecular complexity index is 602. The number of hydrogen-bond donors (Lipinski definition) is 0. The molecule has 0 heterocycles. The average molecular weight is 578 g/mol. The third-order valence-corrected chi connectivity index (χ3v) is 6.15. The Morgan fingerprint density at radius 1 is 0.308 bits per heavy atom. The Balaban J connectivity index is 0. The Morgan fingerprint density at radius 2 is 0.423 bits per heavy atom. The summed E-state index contributed by atoms with van der Waals surface area (Å²) in [6, 6.07) is 23.8. The first-order valence-electron chi connectivity index (χ1n) is 6.98. The van der Waals surface area contributed by atoms with Crippen LogP contribution in [-0.2, 0) is 75.8 Å². The molecule has 0 N–H and O–H groups in total. The molecule has 0 amide bonds. The van der Waals surface area contributed by atoms with Crippen LogP contribution in [-0.4, -0.2) is 35.2 Å². The quantitative estimate of drug-likeness (QED) is 0.270. The molecule has 0 aliphatic carbocycles. The van der Waals surface area contributed by atoms with E-state index in [4.69, 9.17) is 0 Å². The molecule has 134 valence electrons. The SMILES string of the molecule is [Ge].[Ge].[SH2+]c1ccccc1[SH2+].[SH2+]c1ccccc1[SH2+].[SH2+]c1ccccc1[SH2+]. The van der Waals surface area contributed by atoms with E-state index >= 15 is 0 Å². The summed E-state index contributed by atoms with van der Waals surface area (Å²) in [6.07, 6.45) is 0. The van der Waals surface area contributed by atoms with E-state index in [1.165, 1.54) is 0 Å². The zero-order chi connectivity index (χ0) is 17.9. The van der Waals surface area contributed by atoms with Crippen LogP contribution in [0.15, 0.2) is 102 Å². The zero-order valence-electron chi connectivity index (χ0n) is 13.9. The van der Waals surface area contributed by atoms with Gasteiger partial charge >= 0.3 is 0 Å². The second kappa shape index (κ2) is 16.8. The molecule has 0 unspecified atom stereocenters. The van der Waals surface area contributed by atoms with E-state index < -0.39 is 0 Å². The van der Waals surface area contributed by atoms with Gasteiger partial charge in [-0.05, 0) is 112 Å². The smallest absolute Gasteiger partial charge is 0.0569 e. The van der Waals surface area contributed by atoms with Crippen LogP contribution in [0.1, 0.15) is 0 Å². The van der Waals surface area contributed by atoms with Crippen molar-refractivity contribution in [2.75, 3.05) is 0 Å². The van der Waals surface area contributed by atoms with Crippen molar-refractivity contribution < 1.29 is 0 Å². The van der Waals surface area contributed by atoms with Crippen LogP contribution in [0, 0.1) is 0 Å². The molecule has 0 atom stereocenters. The Labute approximate surface area is 211 Å². The Kier molecular flexibility index (Phi) is 18.7. The molecule has 0 fully saturated rings. The minimum Gasteiger partial charge on any atom is -0.0569 e. The Hall–Kier alpha value is 0.846. The first-order chi connectivity index (χ1) is 11.4. The molecule has 0 saturated carbocycles. The predicted molar refractivity (Wildman–Crippen MR) is 141 cm³/mol. The fourth-order valence-electron chi connectivity index (χ4n) is 1.45. The molecule has 0 aliphatic rings. The van der Waals surface area contributed by atoms with E-state index in [0.717, 1.165) is 29.4 Å². The van der Waals surface area contributed by atoms with E-state index in [-0.39, 0.29) is 35.2 Å². The maximum absolute atomic E-state index is 3.39. The van der Waals surface area contributed by atoms with Crippen molar-refractivity contribution in [2.45, 2.75) is 29.4 Å². The minimum absolute atomic E-state index is 0. The molecule has 0 nitrogen and oxygen atoms in total. The molecule has 8 radical (unpaired) electrons. The van der Waals surface area contributed by atoms with Crippen LogP contribution in [0.25, 0.3) is 0 Å². The van der Waals surface area contributed by atoms with E-state index in [2.05, 4.69) is 75.8 Å². The maximum atomic E-state index is 3.39. The topological polar surface area (TPSA) is 0 Å². The number of benzene rings is 3. The van der Waals surface area contributed by atoms with Crippen LogP contribution < -0.4 is 0 Å². The van der Waals surface area contributed by atoms with Gasteiger partial charge in [0.25, 0.3) is 0 Å². The second-order valence-corrected chi connectivity index (χ2v) is 7.87. The molecule has 3 rings (SSSR count). The van der Waals surface area contributed by atoms with Gasteiger partial charge in [-0.3, -0.25) is 0 Å². The third-order valence-electron chi connectivity index (χ3n) is 2.78. The standard InChI is InChI=1S/3C6H6S2.2Ge/c3*7-5-3-1-2-4-6(5)8;;/h3*1-4,7-8H;;/p+6. The van der Waals surface area contributed by atoms with E-state index in [0.29, 0.717) is 0 Å². The van der Waals surface area contributed by atoms with Crippen LogP contribution in [0.2, 0.25) is 0 Å². The zero-order valence-corrected chi connectivity index (χ0v) is 24.1. The first kappa shape index (κ1) is 29.1.